The number of amides is 2. The summed E-state index contributed by atoms with van der Waals surface area (Å²) in [5, 5.41) is 2.63. The van der Waals surface area contributed by atoms with Crippen LogP contribution in [-0.2, 0) is 16.0 Å². The molecule has 2 heterocycles. The van der Waals surface area contributed by atoms with Crippen molar-refractivity contribution in [2.75, 3.05) is 17.0 Å². The lowest BCUT2D eigenvalue weighted by Crippen LogP contribution is -2.43. The van der Waals surface area contributed by atoms with Gasteiger partial charge in [0, 0.05) is 23.5 Å². The number of ether oxygens (including phenoxy) is 2. The highest BCUT2D eigenvalue weighted by atomic mass is 16.7. The van der Waals surface area contributed by atoms with E-state index in [1.165, 1.54) is 0 Å². The van der Waals surface area contributed by atoms with Crippen LogP contribution in [0.5, 0.6) is 11.5 Å². The van der Waals surface area contributed by atoms with Crippen LogP contribution >= 0.6 is 0 Å². The van der Waals surface area contributed by atoms with Crippen LogP contribution in [0.2, 0.25) is 0 Å². The summed E-state index contributed by atoms with van der Waals surface area (Å²) < 4.78 is 10.5. The average Bonchev–Trinajstić information content (AvgIpc) is 3.16. The van der Waals surface area contributed by atoms with E-state index in [1.807, 2.05) is 31.2 Å². The molecular formula is C18H16N2O4. The minimum atomic E-state index is -0.669. The molecule has 0 aliphatic carbocycles. The third-order valence-electron chi connectivity index (χ3n) is 4.25. The number of nitrogens with one attached hydrogen (secondary N) is 1. The number of anilines is 2. The van der Waals surface area contributed by atoms with Crippen molar-refractivity contribution in [3.8, 4) is 11.5 Å². The van der Waals surface area contributed by atoms with E-state index in [1.54, 1.807) is 23.1 Å². The molecule has 0 aromatic heterocycles. The number of carbonyl (C=O) groups excluding carboxylic acids is 2. The molecule has 6 nitrogen and oxygen atoms in total. The van der Waals surface area contributed by atoms with Crippen molar-refractivity contribution in [3.63, 3.8) is 0 Å². The van der Waals surface area contributed by atoms with Gasteiger partial charge in [0.2, 0.25) is 6.79 Å². The predicted octanol–water partition coefficient (Wildman–Crippen LogP) is 2.33. The third-order valence-corrected chi connectivity index (χ3v) is 4.25. The van der Waals surface area contributed by atoms with Crippen molar-refractivity contribution in [3.05, 3.63) is 48.0 Å². The van der Waals surface area contributed by atoms with Gasteiger partial charge >= 0.3 is 11.8 Å². The Balaban J connectivity index is 1.53. The first kappa shape index (κ1) is 14.6. The van der Waals surface area contributed by atoms with E-state index in [-0.39, 0.29) is 12.8 Å². The first-order chi connectivity index (χ1) is 11.6. The van der Waals surface area contributed by atoms with Crippen LogP contribution in [0.1, 0.15) is 12.5 Å². The van der Waals surface area contributed by atoms with Crippen LogP contribution in [-0.4, -0.2) is 24.6 Å². The normalized spacial score (nSPS) is 17.5. The Morgan fingerprint density at radius 1 is 1.12 bits per heavy atom. The van der Waals surface area contributed by atoms with Gasteiger partial charge in [0.1, 0.15) is 0 Å². The fourth-order valence-electron chi connectivity index (χ4n) is 3.14. The molecule has 2 amide bonds. The minimum absolute atomic E-state index is 0.0441. The number of para-hydroxylation sites is 1. The van der Waals surface area contributed by atoms with Gasteiger partial charge < -0.3 is 19.7 Å². The average molecular weight is 324 g/mol. The molecule has 1 unspecified atom stereocenters. The molecule has 2 aromatic carbocycles. The van der Waals surface area contributed by atoms with Gasteiger partial charge in [-0.3, -0.25) is 9.59 Å². The van der Waals surface area contributed by atoms with Crippen LogP contribution in [0, 0.1) is 0 Å². The molecular weight excluding hydrogens is 308 g/mol. The van der Waals surface area contributed by atoms with Gasteiger partial charge in [-0.05, 0) is 37.1 Å². The number of benzene rings is 2. The second kappa shape index (κ2) is 5.56. The molecule has 6 heteroatoms. The molecule has 122 valence electrons. The predicted molar refractivity (Wildman–Crippen MR) is 88.3 cm³/mol. The zero-order chi connectivity index (χ0) is 16.7. The number of carbonyl (C=O) groups is 2. The minimum Gasteiger partial charge on any atom is -0.454 e. The standard InChI is InChI=1S/C18H16N2O4/c1-11-8-12-4-2-3-5-14(12)20(11)18(22)17(21)19-13-6-7-15-16(9-13)24-10-23-15/h2-7,9,11H,8,10H2,1H3,(H,19,21). The van der Waals surface area contributed by atoms with Gasteiger partial charge in [-0.1, -0.05) is 18.2 Å². The highest BCUT2D eigenvalue weighted by Crippen LogP contribution is 2.35. The fourth-order valence-corrected chi connectivity index (χ4v) is 3.14. The zero-order valence-electron chi connectivity index (χ0n) is 13.1. The second-order valence-corrected chi connectivity index (χ2v) is 5.88. The second-order valence-electron chi connectivity index (χ2n) is 5.88. The molecule has 0 bridgehead atoms. The van der Waals surface area contributed by atoms with Gasteiger partial charge in [-0.15, -0.1) is 0 Å². The van der Waals surface area contributed by atoms with Crippen molar-refractivity contribution in [2.45, 2.75) is 19.4 Å². The van der Waals surface area contributed by atoms with E-state index < -0.39 is 11.8 Å². The molecule has 2 aliphatic rings. The largest absolute Gasteiger partial charge is 0.454 e. The summed E-state index contributed by atoms with van der Waals surface area (Å²) in [5.41, 5.74) is 2.38. The van der Waals surface area contributed by atoms with Crippen molar-refractivity contribution < 1.29 is 19.1 Å². The van der Waals surface area contributed by atoms with Gasteiger partial charge in [-0.2, -0.15) is 0 Å². The Morgan fingerprint density at radius 2 is 1.92 bits per heavy atom. The van der Waals surface area contributed by atoms with Crippen LogP contribution < -0.4 is 19.7 Å². The Bertz CT molecular complexity index is 834. The van der Waals surface area contributed by atoms with Crippen LogP contribution in [0.15, 0.2) is 42.5 Å². The molecule has 1 atom stereocenters. The van der Waals surface area contributed by atoms with E-state index in [0.717, 1.165) is 17.7 Å². The molecule has 2 aliphatic heterocycles. The number of fused-ring (bicyclic) bond motifs is 2. The summed E-state index contributed by atoms with van der Waals surface area (Å²) in [7, 11) is 0. The molecule has 0 saturated heterocycles. The van der Waals surface area contributed by atoms with Crippen molar-refractivity contribution in [1.29, 1.82) is 0 Å². The molecule has 0 radical (unpaired) electrons. The Kier molecular flexibility index (Phi) is 3.37. The summed E-state index contributed by atoms with van der Waals surface area (Å²) in [6.45, 7) is 2.10. The quantitative estimate of drug-likeness (QED) is 0.818. The lowest BCUT2D eigenvalue weighted by atomic mass is 10.1. The summed E-state index contributed by atoms with van der Waals surface area (Å²) >= 11 is 0. The van der Waals surface area contributed by atoms with E-state index in [4.69, 9.17) is 9.47 Å². The maximum Gasteiger partial charge on any atom is 0.316 e. The fraction of sp³-hybridized carbons (Fsp3) is 0.222. The number of rotatable bonds is 1. The monoisotopic (exact) mass is 324 g/mol. The first-order valence-electron chi connectivity index (χ1n) is 7.75. The highest BCUT2D eigenvalue weighted by molar-refractivity contribution is 6.44. The number of hydrogen-bond acceptors (Lipinski definition) is 4. The molecule has 2 aromatic rings. The first-order valence-corrected chi connectivity index (χ1v) is 7.75. The smallest absolute Gasteiger partial charge is 0.316 e. The van der Waals surface area contributed by atoms with Gasteiger partial charge in [0.05, 0.1) is 0 Å². The topological polar surface area (TPSA) is 67.9 Å². The molecule has 1 N–H and O–H groups in total. The van der Waals surface area contributed by atoms with Crippen molar-refractivity contribution in [2.24, 2.45) is 0 Å². The van der Waals surface area contributed by atoms with E-state index in [0.29, 0.717) is 17.2 Å². The lowest BCUT2D eigenvalue weighted by Gasteiger charge is -2.22. The molecule has 0 spiro atoms. The maximum atomic E-state index is 12.6. The Hall–Kier alpha value is -3.02. The summed E-state index contributed by atoms with van der Waals surface area (Å²) in [6, 6.07) is 12.6. The summed E-state index contributed by atoms with van der Waals surface area (Å²) in [6.07, 6.45) is 0.749. The third kappa shape index (κ3) is 2.36. The van der Waals surface area contributed by atoms with Crippen molar-refractivity contribution >= 4 is 23.2 Å². The lowest BCUT2D eigenvalue weighted by molar-refractivity contribution is -0.134. The van der Waals surface area contributed by atoms with E-state index in [9.17, 15) is 9.59 Å². The van der Waals surface area contributed by atoms with E-state index in [2.05, 4.69) is 5.32 Å². The molecule has 0 saturated carbocycles. The highest BCUT2D eigenvalue weighted by Gasteiger charge is 2.34. The van der Waals surface area contributed by atoms with Crippen LogP contribution in [0.4, 0.5) is 11.4 Å². The SMILES string of the molecule is CC1Cc2ccccc2N1C(=O)C(=O)Nc1ccc2c(c1)OCO2. The molecule has 4 rings (SSSR count). The summed E-state index contributed by atoms with van der Waals surface area (Å²) in [4.78, 5) is 26.5. The van der Waals surface area contributed by atoms with Gasteiger partial charge in [0.15, 0.2) is 11.5 Å². The zero-order valence-corrected chi connectivity index (χ0v) is 13.1. The van der Waals surface area contributed by atoms with E-state index >= 15 is 0 Å². The van der Waals surface area contributed by atoms with Gasteiger partial charge in [0.25, 0.3) is 0 Å². The van der Waals surface area contributed by atoms with Crippen LogP contribution in [0.3, 0.4) is 0 Å². The maximum absolute atomic E-state index is 12.6. The number of hydrogen-bond donors (Lipinski definition) is 1. The number of nitrogens with zero attached hydrogens (tertiary/aromatic N) is 1. The van der Waals surface area contributed by atoms with Gasteiger partial charge in [-0.25, -0.2) is 0 Å². The molecule has 24 heavy (non-hydrogen) atoms. The Labute approximate surface area is 139 Å². The Morgan fingerprint density at radius 3 is 2.79 bits per heavy atom. The molecule has 0 fully saturated rings. The summed E-state index contributed by atoms with van der Waals surface area (Å²) in [5.74, 6) is -0.0518. The van der Waals surface area contributed by atoms with Crippen molar-refractivity contribution in [1.82, 2.24) is 0 Å². The van der Waals surface area contributed by atoms with Crippen LogP contribution in [0.25, 0.3) is 0 Å².